The van der Waals surface area contributed by atoms with E-state index in [0.717, 1.165) is 0 Å². The van der Waals surface area contributed by atoms with Gasteiger partial charge in [0, 0.05) is 38.3 Å². The van der Waals surface area contributed by atoms with Crippen LogP contribution >= 0.6 is 0 Å². The van der Waals surface area contributed by atoms with E-state index in [2.05, 4.69) is 167 Å². The van der Waals surface area contributed by atoms with Crippen molar-refractivity contribution in [1.82, 2.24) is 9.13 Å². The molecule has 0 radical (unpaired) electrons. The minimum Gasteiger partial charge on any atom is -0.309 e. The SMILES string of the molecule is c1ccc(-n2c3cccc4c3c3c5c(ccc32)ccc2c5c3c-4cccc3n2-c2ccc3ccc4c5ccccc5ccc4c3c2)cc1. The molecule has 0 spiro atoms. The minimum atomic E-state index is 1.19. The minimum absolute atomic E-state index is 1.19. The van der Waals surface area contributed by atoms with E-state index in [0.29, 0.717) is 0 Å². The predicted octanol–water partition coefficient (Wildman–Crippen LogP) is 12.5. The first-order valence-electron chi connectivity index (χ1n) is 16.7. The Labute approximate surface area is 275 Å². The van der Waals surface area contributed by atoms with Crippen LogP contribution in [0.15, 0.2) is 158 Å². The topological polar surface area (TPSA) is 9.86 Å². The van der Waals surface area contributed by atoms with Gasteiger partial charge in [0.2, 0.25) is 0 Å². The van der Waals surface area contributed by atoms with Crippen molar-refractivity contribution in [3.05, 3.63) is 158 Å². The highest BCUT2D eigenvalue weighted by Crippen LogP contribution is 2.51. The van der Waals surface area contributed by atoms with Crippen LogP contribution in [0.4, 0.5) is 0 Å². The molecule has 48 heavy (non-hydrogen) atoms. The first-order chi connectivity index (χ1) is 23.8. The van der Waals surface area contributed by atoms with Gasteiger partial charge in [0.1, 0.15) is 0 Å². The maximum atomic E-state index is 2.51. The van der Waals surface area contributed by atoms with Crippen molar-refractivity contribution in [2.75, 3.05) is 0 Å². The van der Waals surface area contributed by atoms with Gasteiger partial charge in [-0.05, 0) is 97.4 Å². The van der Waals surface area contributed by atoms with Gasteiger partial charge < -0.3 is 9.13 Å². The van der Waals surface area contributed by atoms with E-state index in [4.69, 9.17) is 0 Å². The van der Waals surface area contributed by atoms with Crippen LogP contribution in [0.3, 0.4) is 0 Å². The molecule has 2 aromatic heterocycles. The first-order valence-corrected chi connectivity index (χ1v) is 16.7. The van der Waals surface area contributed by atoms with Crippen molar-refractivity contribution in [3.8, 4) is 22.5 Å². The Morgan fingerprint density at radius 3 is 1.52 bits per heavy atom. The third-order valence-corrected chi connectivity index (χ3v) is 11.0. The average molecular weight is 607 g/mol. The van der Waals surface area contributed by atoms with Crippen LogP contribution < -0.4 is 0 Å². The van der Waals surface area contributed by atoms with Gasteiger partial charge in [0.05, 0.1) is 22.1 Å². The van der Waals surface area contributed by atoms with Crippen molar-refractivity contribution in [1.29, 1.82) is 0 Å². The Morgan fingerprint density at radius 1 is 0.271 bits per heavy atom. The summed E-state index contributed by atoms with van der Waals surface area (Å²) in [5.41, 5.74) is 9.98. The van der Waals surface area contributed by atoms with Crippen LogP contribution in [0.2, 0.25) is 0 Å². The molecule has 0 unspecified atom stereocenters. The molecular weight excluding hydrogens is 581 g/mol. The smallest absolute Gasteiger partial charge is 0.0548 e. The molecule has 0 saturated heterocycles. The van der Waals surface area contributed by atoms with E-state index < -0.39 is 0 Å². The van der Waals surface area contributed by atoms with Gasteiger partial charge >= 0.3 is 0 Å². The summed E-state index contributed by atoms with van der Waals surface area (Å²) in [6.45, 7) is 0. The normalized spacial score (nSPS) is 12.6. The third kappa shape index (κ3) is 2.95. The molecule has 1 aliphatic carbocycles. The maximum absolute atomic E-state index is 2.51. The third-order valence-electron chi connectivity index (χ3n) is 11.0. The summed E-state index contributed by atoms with van der Waals surface area (Å²) in [7, 11) is 0. The zero-order chi connectivity index (χ0) is 31.1. The van der Waals surface area contributed by atoms with E-state index in [9.17, 15) is 0 Å². The van der Waals surface area contributed by atoms with Crippen LogP contribution in [-0.4, -0.2) is 9.13 Å². The highest BCUT2D eigenvalue weighted by atomic mass is 15.0. The Balaban J connectivity index is 1.25. The molecule has 0 amide bonds. The lowest BCUT2D eigenvalue weighted by Crippen LogP contribution is -1.94. The summed E-state index contributed by atoms with van der Waals surface area (Å²) in [6, 6.07) is 58.7. The monoisotopic (exact) mass is 606 g/mol. The Morgan fingerprint density at radius 2 is 0.812 bits per heavy atom. The molecule has 12 rings (SSSR count). The van der Waals surface area contributed by atoms with Gasteiger partial charge in [-0.1, -0.05) is 109 Å². The van der Waals surface area contributed by atoms with Crippen LogP contribution in [0, 0.1) is 0 Å². The molecule has 220 valence electrons. The summed E-state index contributed by atoms with van der Waals surface area (Å²) >= 11 is 0. The van der Waals surface area contributed by atoms with Crippen molar-refractivity contribution < 1.29 is 0 Å². The number of benzene rings is 9. The second-order valence-corrected chi connectivity index (χ2v) is 13.3. The standard InChI is InChI=1S/C46H26N2/c1-2-9-30(10-3-1)47-38-14-6-12-35-36-13-7-15-39-44(36)46-41(25-20-29-19-24-40(47)45(42(29)46)43(35)38)48(39)31-21-16-28-18-22-33-32-11-5-4-8-27(32)17-23-34(33)37(28)26-31/h1-26H. The van der Waals surface area contributed by atoms with Gasteiger partial charge in [-0.2, -0.15) is 0 Å². The molecule has 2 nitrogen and oxygen atoms in total. The van der Waals surface area contributed by atoms with Crippen LogP contribution in [0.1, 0.15) is 0 Å². The Kier molecular flexibility index (Phi) is 4.49. The van der Waals surface area contributed by atoms with Gasteiger partial charge in [-0.3, -0.25) is 0 Å². The van der Waals surface area contributed by atoms with Gasteiger partial charge in [0.25, 0.3) is 0 Å². The van der Waals surface area contributed by atoms with Gasteiger partial charge in [-0.25, -0.2) is 0 Å². The average Bonchev–Trinajstić information content (AvgIpc) is 3.63. The lowest BCUT2D eigenvalue weighted by Gasteiger charge is -2.13. The van der Waals surface area contributed by atoms with Gasteiger partial charge in [-0.15, -0.1) is 0 Å². The molecular formula is C46H26N2. The fourth-order valence-corrected chi connectivity index (χ4v) is 9.04. The zero-order valence-corrected chi connectivity index (χ0v) is 25.9. The first kappa shape index (κ1) is 24.8. The number of nitrogens with zero attached hydrogens (tertiary/aromatic N) is 2. The van der Waals surface area contributed by atoms with E-state index in [1.165, 1.54) is 109 Å². The van der Waals surface area contributed by atoms with Crippen molar-refractivity contribution in [2.45, 2.75) is 0 Å². The summed E-state index contributed by atoms with van der Waals surface area (Å²) in [5, 5.41) is 15.7. The molecule has 9 aromatic carbocycles. The number of para-hydroxylation sites is 1. The predicted molar refractivity (Wildman–Crippen MR) is 204 cm³/mol. The lowest BCUT2D eigenvalue weighted by atomic mass is 9.97. The van der Waals surface area contributed by atoms with Crippen molar-refractivity contribution in [2.24, 2.45) is 0 Å². The summed E-state index contributed by atoms with van der Waals surface area (Å²) in [4.78, 5) is 0. The molecule has 0 bridgehead atoms. The van der Waals surface area contributed by atoms with Crippen molar-refractivity contribution >= 4 is 86.7 Å². The molecule has 2 heterocycles. The molecule has 2 heteroatoms. The number of hydrogen-bond acceptors (Lipinski definition) is 0. The lowest BCUT2D eigenvalue weighted by molar-refractivity contribution is 1.18. The summed E-state index contributed by atoms with van der Waals surface area (Å²) in [6.07, 6.45) is 0. The highest BCUT2D eigenvalue weighted by molar-refractivity contribution is 6.38. The van der Waals surface area contributed by atoms with E-state index in [-0.39, 0.29) is 0 Å². The molecule has 0 atom stereocenters. The fraction of sp³-hybridized carbons (Fsp3) is 0. The number of hydrogen-bond donors (Lipinski definition) is 0. The molecule has 0 N–H and O–H groups in total. The molecule has 0 saturated carbocycles. The van der Waals surface area contributed by atoms with Crippen LogP contribution in [0.5, 0.6) is 0 Å². The second kappa shape index (κ2) is 8.70. The van der Waals surface area contributed by atoms with Crippen LogP contribution in [0.25, 0.3) is 109 Å². The summed E-state index contributed by atoms with van der Waals surface area (Å²) in [5.74, 6) is 0. The van der Waals surface area contributed by atoms with Gasteiger partial charge in [0.15, 0.2) is 0 Å². The van der Waals surface area contributed by atoms with E-state index in [1.54, 1.807) is 0 Å². The molecule has 1 aliphatic rings. The zero-order valence-electron chi connectivity index (χ0n) is 25.9. The maximum Gasteiger partial charge on any atom is 0.0548 e. The molecule has 0 fully saturated rings. The number of fused-ring (bicyclic) bond motifs is 6. The number of aromatic nitrogens is 2. The summed E-state index contributed by atoms with van der Waals surface area (Å²) < 4.78 is 4.96. The van der Waals surface area contributed by atoms with E-state index >= 15 is 0 Å². The molecule has 0 aliphatic heterocycles. The Hall–Kier alpha value is -6.38. The largest absolute Gasteiger partial charge is 0.309 e. The van der Waals surface area contributed by atoms with Crippen LogP contribution in [-0.2, 0) is 0 Å². The number of rotatable bonds is 2. The molecule has 11 aromatic rings. The fourth-order valence-electron chi connectivity index (χ4n) is 9.04. The van der Waals surface area contributed by atoms with E-state index in [1.807, 2.05) is 0 Å². The highest BCUT2D eigenvalue weighted by Gasteiger charge is 2.27. The Bertz CT molecular complexity index is 3210. The quantitative estimate of drug-likeness (QED) is 0.173. The second-order valence-electron chi connectivity index (χ2n) is 13.3. The van der Waals surface area contributed by atoms with Crippen molar-refractivity contribution in [3.63, 3.8) is 0 Å².